The smallest absolute Gasteiger partial charge is 0.262 e. The minimum absolute atomic E-state index is 0.132. The predicted octanol–water partition coefficient (Wildman–Crippen LogP) is 5.47. The van der Waals surface area contributed by atoms with Crippen LogP contribution in [0.5, 0.6) is 11.5 Å². The Labute approximate surface area is 224 Å². The van der Waals surface area contributed by atoms with Crippen LogP contribution in [0.3, 0.4) is 0 Å². The Morgan fingerprint density at radius 1 is 1.05 bits per heavy atom. The molecule has 0 aliphatic heterocycles. The van der Waals surface area contributed by atoms with Crippen molar-refractivity contribution in [3.05, 3.63) is 93.7 Å². The summed E-state index contributed by atoms with van der Waals surface area (Å²) in [6, 6.07) is 18.0. The lowest BCUT2D eigenvalue weighted by molar-refractivity contribution is -0.123. The van der Waals surface area contributed by atoms with Crippen LogP contribution in [0.2, 0.25) is 0 Å². The van der Waals surface area contributed by atoms with Crippen LogP contribution in [-0.2, 0) is 11.4 Å². The van der Waals surface area contributed by atoms with Gasteiger partial charge in [-0.15, -0.1) is 0 Å². The van der Waals surface area contributed by atoms with Crippen molar-refractivity contribution < 1.29 is 23.5 Å². The average Bonchev–Trinajstić information content (AvgIpc) is 2.87. The third-order valence-corrected chi connectivity index (χ3v) is 5.89. The van der Waals surface area contributed by atoms with Crippen LogP contribution in [-0.4, -0.2) is 30.7 Å². The van der Waals surface area contributed by atoms with E-state index in [1.807, 2.05) is 37.3 Å². The van der Waals surface area contributed by atoms with Crippen molar-refractivity contribution in [2.24, 2.45) is 11.0 Å². The van der Waals surface area contributed by atoms with Crippen LogP contribution in [0.15, 0.2) is 76.3 Å². The number of amides is 2. The molecule has 1 atom stereocenters. The summed E-state index contributed by atoms with van der Waals surface area (Å²) in [6.07, 6.45) is 1.46. The average molecular weight is 570 g/mol. The van der Waals surface area contributed by atoms with Gasteiger partial charge in [0.2, 0.25) is 0 Å². The summed E-state index contributed by atoms with van der Waals surface area (Å²) in [4.78, 5) is 25.2. The Balaban J connectivity index is 1.69. The Hall–Kier alpha value is -3.72. The number of halogens is 2. The van der Waals surface area contributed by atoms with E-state index in [0.717, 1.165) is 5.56 Å². The summed E-state index contributed by atoms with van der Waals surface area (Å²) >= 11 is 3.53. The van der Waals surface area contributed by atoms with E-state index < -0.39 is 23.7 Å². The van der Waals surface area contributed by atoms with E-state index >= 15 is 0 Å². The third kappa shape index (κ3) is 7.88. The highest BCUT2D eigenvalue weighted by molar-refractivity contribution is 9.10. The largest absolute Gasteiger partial charge is 0.490 e. The Morgan fingerprint density at radius 3 is 2.43 bits per heavy atom. The van der Waals surface area contributed by atoms with E-state index in [9.17, 15) is 14.0 Å². The molecule has 0 aliphatic carbocycles. The highest BCUT2D eigenvalue weighted by atomic mass is 79.9. The molecule has 3 rings (SSSR count). The highest BCUT2D eigenvalue weighted by Gasteiger charge is 2.25. The van der Waals surface area contributed by atoms with E-state index in [4.69, 9.17) is 9.47 Å². The molecule has 0 spiro atoms. The number of ether oxygens (including phenoxy) is 2. The standard InChI is InChI=1S/C28H29BrFN3O4/c1-4-36-24-15-20(14-22(29)26(24)37-17-19-10-6-5-7-11-19)16-31-33-28(35)25(18(2)3)32-27(34)21-12-8-9-13-23(21)30/h5-16,18,25H,4,17H2,1-3H3,(H,32,34)(H,33,35). The molecule has 0 fully saturated rings. The minimum Gasteiger partial charge on any atom is -0.490 e. The Morgan fingerprint density at radius 2 is 1.76 bits per heavy atom. The normalized spacial score (nSPS) is 11.8. The fourth-order valence-electron chi connectivity index (χ4n) is 3.43. The van der Waals surface area contributed by atoms with Crippen LogP contribution >= 0.6 is 15.9 Å². The molecule has 0 aliphatic rings. The first-order chi connectivity index (χ1) is 17.8. The molecule has 0 radical (unpaired) electrons. The van der Waals surface area contributed by atoms with Crippen LogP contribution in [0.1, 0.15) is 42.3 Å². The summed E-state index contributed by atoms with van der Waals surface area (Å²) in [5, 5.41) is 6.62. The Kier molecular flexibility index (Phi) is 10.2. The zero-order valence-corrected chi connectivity index (χ0v) is 22.4. The lowest BCUT2D eigenvalue weighted by Gasteiger charge is -2.20. The van der Waals surface area contributed by atoms with Crippen molar-refractivity contribution in [2.45, 2.75) is 33.4 Å². The maximum absolute atomic E-state index is 14.0. The number of hydrogen-bond acceptors (Lipinski definition) is 5. The molecule has 2 N–H and O–H groups in total. The van der Waals surface area contributed by atoms with Gasteiger partial charge in [0.1, 0.15) is 18.5 Å². The van der Waals surface area contributed by atoms with Gasteiger partial charge in [-0.1, -0.05) is 56.3 Å². The number of nitrogens with one attached hydrogen (secondary N) is 2. The van der Waals surface area contributed by atoms with Gasteiger partial charge >= 0.3 is 0 Å². The summed E-state index contributed by atoms with van der Waals surface area (Å²) in [6.45, 7) is 6.23. The molecule has 7 nitrogen and oxygen atoms in total. The number of hydrazone groups is 1. The van der Waals surface area contributed by atoms with Gasteiger partial charge in [0.05, 0.1) is 22.9 Å². The number of rotatable bonds is 11. The molecule has 1 unspecified atom stereocenters. The van der Waals surface area contributed by atoms with E-state index in [-0.39, 0.29) is 11.5 Å². The number of benzene rings is 3. The molecule has 0 aromatic heterocycles. The maximum atomic E-state index is 14.0. The molecule has 0 saturated heterocycles. The van der Waals surface area contributed by atoms with Gasteiger partial charge in [0, 0.05) is 0 Å². The molecule has 2 amide bonds. The second-order valence-corrected chi connectivity index (χ2v) is 9.30. The zero-order chi connectivity index (χ0) is 26.8. The van der Waals surface area contributed by atoms with Crippen molar-refractivity contribution >= 4 is 34.0 Å². The van der Waals surface area contributed by atoms with Crippen LogP contribution in [0.4, 0.5) is 4.39 Å². The third-order valence-electron chi connectivity index (χ3n) is 5.30. The SMILES string of the molecule is CCOc1cc(C=NNC(=O)C(NC(=O)c2ccccc2F)C(C)C)cc(Br)c1OCc1ccccc1. The van der Waals surface area contributed by atoms with Gasteiger partial charge in [-0.2, -0.15) is 5.10 Å². The van der Waals surface area contributed by atoms with Gasteiger partial charge in [-0.3, -0.25) is 9.59 Å². The second kappa shape index (κ2) is 13.5. The quantitative estimate of drug-likeness (QED) is 0.237. The van der Waals surface area contributed by atoms with Crippen LogP contribution in [0, 0.1) is 11.7 Å². The molecular weight excluding hydrogens is 541 g/mol. The summed E-state index contributed by atoms with van der Waals surface area (Å²) in [5.41, 5.74) is 3.99. The number of hydrogen-bond donors (Lipinski definition) is 2. The predicted molar refractivity (Wildman–Crippen MR) is 144 cm³/mol. The van der Waals surface area contributed by atoms with E-state index in [1.165, 1.54) is 24.4 Å². The molecular formula is C28H29BrFN3O4. The minimum atomic E-state index is -0.913. The van der Waals surface area contributed by atoms with Gasteiger partial charge in [0.15, 0.2) is 11.5 Å². The highest BCUT2D eigenvalue weighted by Crippen LogP contribution is 2.37. The summed E-state index contributed by atoms with van der Waals surface area (Å²) in [5.74, 6) is -1.03. The molecule has 0 bridgehead atoms. The molecule has 3 aromatic carbocycles. The van der Waals surface area contributed by atoms with Gasteiger partial charge in [-0.25, -0.2) is 9.82 Å². The molecule has 3 aromatic rings. The van der Waals surface area contributed by atoms with Crippen molar-refractivity contribution in [3.63, 3.8) is 0 Å². The van der Waals surface area contributed by atoms with Crippen molar-refractivity contribution in [1.29, 1.82) is 0 Å². The van der Waals surface area contributed by atoms with Crippen molar-refractivity contribution in [1.82, 2.24) is 10.7 Å². The molecule has 0 heterocycles. The fourth-order valence-corrected chi connectivity index (χ4v) is 4.01. The van der Waals surface area contributed by atoms with Gasteiger partial charge in [0.25, 0.3) is 11.8 Å². The summed E-state index contributed by atoms with van der Waals surface area (Å²) < 4.78 is 26.4. The lowest BCUT2D eigenvalue weighted by atomic mass is 10.0. The van der Waals surface area contributed by atoms with Crippen molar-refractivity contribution in [2.75, 3.05) is 6.61 Å². The zero-order valence-electron chi connectivity index (χ0n) is 20.8. The second-order valence-electron chi connectivity index (χ2n) is 8.45. The number of nitrogens with zero attached hydrogens (tertiary/aromatic N) is 1. The van der Waals surface area contributed by atoms with Gasteiger partial charge in [-0.05, 0) is 64.2 Å². The first-order valence-electron chi connectivity index (χ1n) is 11.8. The van der Waals surface area contributed by atoms with Gasteiger partial charge < -0.3 is 14.8 Å². The van der Waals surface area contributed by atoms with E-state index in [2.05, 4.69) is 31.8 Å². The van der Waals surface area contributed by atoms with Crippen LogP contribution < -0.4 is 20.2 Å². The lowest BCUT2D eigenvalue weighted by Crippen LogP contribution is -2.48. The van der Waals surface area contributed by atoms with E-state index in [1.54, 1.807) is 32.0 Å². The monoisotopic (exact) mass is 569 g/mol. The molecule has 194 valence electrons. The van der Waals surface area contributed by atoms with Crippen molar-refractivity contribution in [3.8, 4) is 11.5 Å². The Bertz CT molecular complexity index is 1250. The molecule has 37 heavy (non-hydrogen) atoms. The number of carbonyl (C=O) groups is 2. The first kappa shape index (κ1) is 27.9. The number of carbonyl (C=O) groups excluding carboxylic acids is 2. The van der Waals surface area contributed by atoms with E-state index in [0.29, 0.717) is 34.7 Å². The summed E-state index contributed by atoms with van der Waals surface area (Å²) in [7, 11) is 0. The molecule has 9 heteroatoms. The molecule has 0 saturated carbocycles. The fraction of sp³-hybridized carbons (Fsp3) is 0.250. The first-order valence-corrected chi connectivity index (χ1v) is 12.6. The maximum Gasteiger partial charge on any atom is 0.262 e. The van der Waals surface area contributed by atoms with Crippen LogP contribution in [0.25, 0.3) is 0 Å². The topological polar surface area (TPSA) is 89.0 Å².